The maximum Gasteiger partial charge on any atom is 0.416 e. The highest BCUT2D eigenvalue weighted by Crippen LogP contribution is 2.46. The van der Waals surface area contributed by atoms with Gasteiger partial charge in [-0.3, -0.25) is 0 Å². The van der Waals surface area contributed by atoms with Gasteiger partial charge < -0.3 is 16.0 Å². The molecule has 16 heteroatoms. The predicted molar refractivity (Wildman–Crippen MR) is 141 cm³/mol. The van der Waals surface area contributed by atoms with E-state index in [1.54, 1.807) is 0 Å². The smallest absolute Gasteiger partial charge is 0.361 e. The first-order valence-electron chi connectivity index (χ1n) is 14.0. The van der Waals surface area contributed by atoms with Gasteiger partial charge in [-0.25, -0.2) is 0 Å². The molecule has 0 spiro atoms. The zero-order chi connectivity index (χ0) is 32.0. The Labute approximate surface area is 246 Å². The third-order valence-corrected chi connectivity index (χ3v) is 7.92. The molecule has 1 aliphatic heterocycles. The number of alkyl halides is 9. The summed E-state index contributed by atoms with van der Waals surface area (Å²) in [5, 5.41) is 15.6. The number of aryl methyl sites for hydroxylation is 1. The third-order valence-electron chi connectivity index (χ3n) is 7.92. The molecule has 1 saturated carbocycles. The maximum atomic E-state index is 14.1. The van der Waals surface area contributed by atoms with Crippen LogP contribution in [0.1, 0.15) is 77.0 Å². The summed E-state index contributed by atoms with van der Waals surface area (Å²) >= 11 is 0. The molecule has 5 rings (SSSR count). The number of hydrogen-bond donors (Lipinski definition) is 2. The molecule has 0 amide bonds. The van der Waals surface area contributed by atoms with Crippen molar-refractivity contribution in [3.63, 3.8) is 0 Å². The maximum absolute atomic E-state index is 14.1. The van der Waals surface area contributed by atoms with Crippen LogP contribution in [-0.4, -0.2) is 33.3 Å². The van der Waals surface area contributed by atoms with Crippen LogP contribution in [0, 0.1) is 12.8 Å². The normalized spacial score (nSPS) is 19.7. The number of benzene rings is 2. The molecule has 2 aliphatic rings. The van der Waals surface area contributed by atoms with Crippen LogP contribution >= 0.6 is 0 Å². The predicted octanol–water partition coefficient (Wildman–Crippen LogP) is 6.58. The van der Waals surface area contributed by atoms with E-state index in [2.05, 4.69) is 20.7 Å². The first-order chi connectivity index (χ1) is 20.5. The van der Waals surface area contributed by atoms with Crippen molar-refractivity contribution in [1.82, 2.24) is 25.5 Å². The second kappa shape index (κ2) is 11.8. The van der Waals surface area contributed by atoms with E-state index >= 15 is 0 Å². The summed E-state index contributed by atoms with van der Waals surface area (Å²) in [5.74, 6) is 0.517. The van der Waals surface area contributed by atoms with Gasteiger partial charge in [0.25, 0.3) is 0 Å². The number of rotatable bonds is 8. The molecule has 0 bridgehead atoms. The van der Waals surface area contributed by atoms with Crippen LogP contribution in [0.3, 0.4) is 0 Å². The SMILES string of the molecule is Cc1cc2c(cc1C(F)(F)F)N(CC1CC1)[C@H](c1nnn(CCN)n1)CCC2NCc1cc(C(F)(F)F)cc(C(F)(F)F)c1. The van der Waals surface area contributed by atoms with Crippen LogP contribution in [0.5, 0.6) is 0 Å². The van der Waals surface area contributed by atoms with Gasteiger partial charge in [0.2, 0.25) is 0 Å². The standard InChI is InChI=1S/C28H30F9N7/c1-15-8-20-22(39-13-17-9-18(26(29,30)31)11-19(10-17)27(32,33)34)4-5-23(25-40-42-44(41-25)7-6-38)43(14-16-2-3-16)24(20)12-21(15)28(35,36)37/h8-12,16,22-23,39H,2-7,13-14,38H2,1H3/t22?,23-/m0/s1. The number of hydrogen-bond acceptors (Lipinski definition) is 6. The zero-order valence-corrected chi connectivity index (χ0v) is 23.5. The average Bonchev–Trinajstić information content (AvgIpc) is 3.65. The van der Waals surface area contributed by atoms with Gasteiger partial charge in [-0.15, -0.1) is 10.2 Å². The molecular weight excluding hydrogens is 605 g/mol. The minimum absolute atomic E-state index is 0.0532. The molecule has 3 N–H and O–H groups in total. The van der Waals surface area contributed by atoms with Gasteiger partial charge in [0.1, 0.15) is 0 Å². The Morgan fingerprint density at radius 2 is 1.52 bits per heavy atom. The summed E-state index contributed by atoms with van der Waals surface area (Å²) in [6, 6.07) is 2.50. The number of tetrazole rings is 1. The van der Waals surface area contributed by atoms with Crippen LogP contribution in [0.2, 0.25) is 0 Å². The molecule has 2 aromatic carbocycles. The lowest BCUT2D eigenvalue weighted by Gasteiger charge is -2.32. The molecule has 3 aromatic rings. The van der Waals surface area contributed by atoms with Crippen LogP contribution in [0.15, 0.2) is 30.3 Å². The lowest BCUT2D eigenvalue weighted by atomic mass is 9.95. The Kier molecular flexibility index (Phi) is 8.61. The van der Waals surface area contributed by atoms with Gasteiger partial charge in [-0.1, -0.05) is 6.07 Å². The van der Waals surface area contributed by atoms with E-state index in [0.717, 1.165) is 18.9 Å². The van der Waals surface area contributed by atoms with Crippen molar-refractivity contribution >= 4 is 5.69 Å². The Morgan fingerprint density at radius 1 is 0.864 bits per heavy atom. The van der Waals surface area contributed by atoms with Crippen molar-refractivity contribution in [1.29, 1.82) is 0 Å². The molecule has 0 radical (unpaired) electrons. The number of fused-ring (bicyclic) bond motifs is 1. The number of nitrogens with zero attached hydrogens (tertiary/aromatic N) is 5. The highest BCUT2D eigenvalue weighted by Gasteiger charge is 2.40. The molecule has 0 saturated heterocycles. The van der Waals surface area contributed by atoms with E-state index in [4.69, 9.17) is 5.73 Å². The van der Waals surface area contributed by atoms with Crippen molar-refractivity contribution in [2.24, 2.45) is 11.7 Å². The van der Waals surface area contributed by atoms with Gasteiger partial charge in [-0.2, -0.15) is 44.3 Å². The number of nitrogens with one attached hydrogen (secondary N) is 1. The van der Waals surface area contributed by atoms with Crippen LogP contribution in [-0.2, 0) is 31.6 Å². The van der Waals surface area contributed by atoms with Crippen molar-refractivity contribution in [3.05, 3.63) is 69.5 Å². The van der Waals surface area contributed by atoms with Gasteiger partial charge in [0.15, 0.2) is 5.82 Å². The lowest BCUT2D eigenvalue weighted by Crippen LogP contribution is -2.32. The lowest BCUT2D eigenvalue weighted by molar-refractivity contribution is -0.143. The Balaban J connectivity index is 1.56. The molecule has 2 atom stereocenters. The van der Waals surface area contributed by atoms with E-state index < -0.39 is 53.8 Å². The number of nitrogens with two attached hydrogens (primary N) is 1. The van der Waals surface area contributed by atoms with E-state index in [1.165, 1.54) is 17.8 Å². The fraction of sp³-hybridized carbons (Fsp3) is 0.536. The fourth-order valence-corrected chi connectivity index (χ4v) is 5.60. The summed E-state index contributed by atoms with van der Waals surface area (Å²) < 4.78 is 123. The Bertz CT molecular complexity index is 1440. The first kappa shape index (κ1) is 32.0. The van der Waals surface area contributed by atoms with Crippen molar-refractivity contribution in [2.45, 2.75) is 76.3 Å². The molecule has 240 valence electrons. The van der Waals surface area contributed by atoms with Crippen molar-refractivity contribution in [3.8, 4) is 0 Å². The van der Waals surface area contributed by atoms with Crippen LogP contribution < -0.4 is 16.0 Å². The molecule has 44 heavy (non-hydrogen) atoms. The quantitative estimate of drug-likeness (QED) is 0.272. The summed E-state index contributed by atoms with van der Waals surface area (Å²) in [5.41, 5.74) is 2.25. The second-order valence-electron chi connectivity index (χ2n) is 11.3. The second-order valence-corrected chi connectivity index (χ2v) is 11.3. The molecular formula is C28H30F9N7. The summed E-state index contributed by atoms with van der Waals surface area (Å²) in [4.78, 5) is 3.13. The first-order valence-corrected chi connectivity index (χ1v) is 14.0. The Hall–Kier alpha value is -3.40. The summed E-state index contributed by atoms with van der Waals surface area (Å²) in [6.45, 7) is 1.85. The van der Waals surface area contributed by atoms with Crippen molar-refractivity contribution < 1.29 is 39.5 Å². The molecule has 1 unspecified atom stereocenters. The van der Waals surface area contributed by atoms with Gasteiger partial charge in [0.05, 0.1) is 29.3 Å². The monoisotopic (exact) mass is 635 g/mol. The van der Waals surface area contributed by atoms with Crippen LogP contribution in [0.4, 0.5) is 45.2 Å². The summed E-state index contributed by atoms with van der Waals surface area (Å²) in [6.07, 6.45) is -12.3. The van der Waals surface area contributed by atoms with E-state index in [0.29, 0.717) is 30.7 Å². The minimum Gasteiger partial charge on any atom is -0.361 e. The zero-order valence-electron chi connectivity index (χ0n) is 23.5. The molecule has 1 fully saturated rings. The number of anilines is 1. The number of halogens is 9. The van der Waals surface area contributed by atoms with E-state index in [9.17, 15) is 39.5 Å². The van der Waals surface area contributed by atoms with Gasteiger partial charge in [-0.05, 0) is 84.7 Å². The highest BCUT2D eigenvalue weighted by molar-refractivity contribution is 5.61. The van der Waals surface area contributed by atoms with E-state index in [-0.39, 0.29) is 54.1 Å². The topological polar surface area (TPSA) is 84.9 Å². The number of aromatic nitrogens is 4. The minimum atomic E-state index is -5.01. The molecule has 2 heterocycles. The molecule has 1 aromatic heterocycles. The average molecular weight is 636 g/mol. The highest BCUT2D eigenvalue weighted by atomic mass is 19.4. The largest absolute Gasteiger partial charge is 0.416 e. The third kappa shape index (κ3) is 7.11. The molecule has 7 nitrogen and oxygen atoms in total. The van der Waals surface area contributed by atoms with E-state index in [1.807, 2.05) is 4.90 Å². The fourth-order valence-electron chi connectivity index (χ4n) is 5.60. The van der Waals surface area contributed by atoms with Crippen molar-refractivity contribution in [2.75, 3.05) is 18.0 Å². The van der Waals surface area contributed by atoms with Crippen LogP contribution in [0.25, 0.3) is 0 Å². The van der Waals surface area contributed by atoms with Gasteiger partial charge in [0, 0.05) is 31.4 Å². The Morgan fingerprint density at radius 3 is 2.09 bits per heavy atom. The van der Waals surface area contributed by atoms with Gasteiger partial charge >= 0.3 is 18.5 Å². The molecule has 1 aliphatic carbocycles. The summed E-state index contributed by atoms with van der Waals surface area (Å²) in [7, 11) is 0.